The van der Waals surface area contributed by atoms with E-state index in [1.54, 1.807) is 0 Å². The van der Waals surface area contributed by atoms with Gasteiger partial charge in [0, 0.05) is 42.9 Å². The zero-order chi connectivity index (χ0) is 41.0. The van der Waals surface area contributed by atoms with Crippen LogP contribution >= 0.6 is 11.3 Å². The van der Waals surface area contributed by atoms with Gasteiger partial charge in [0.2, 0.25) is 0 Å². The topological polar surface area (TPSA) is 43.6 Å². The van der Waals surface area contributed by atoms with Gasteiger partial charge in [-0.3, -0.25) is 0 Å². The largest absolute Gasteiger partial charge is 0.307 e. The Labute approximate surface area is 362 Å². The van der Waals surface area contributed by atoms with E-state index < -0.39 is 0 Å². The Kier molecular flexibility index (Phi) is 8.65. The fourth-order valence-corrected chi connectivity index (χ4v) is 10.1. The first-order valence-corrected chi connectivity index (χ1v) is 21.7. The van der Waals surface area contributed by atoms with Gasteiger partial charge in [0.25, 0.3) is 0 Å². The molecule has 0 aliphatic rings. The van der Waals surface area contributed by atoms with Crippen molar-refractivity contribution < 1.29 is 0 Å². The molecule has 290 valence electrons. The average Bonchev–Trinajstić information content (AvgIpc) is 3.91. The van der Waals surface area contributed by atoms with Crippen LogP contribution in [0.5, 0.6) is 0 Å². The SMILES string of the molecule is c1ccc(-c2cccc(-c3nc(-c4cccc(-c5ccccc5)c4)nc(-c4cc(-c5ccccc5)ccc4-n4c5ccccc5c5ccc6c7ccccc7sc6c54)n3)c2)cc1. The van der Waals surface area contributed by atoms with E-state index in [2.05, 4.69) is 211 Å². The predicted octanol–water partition coefficient (Wildman–Crippen LogP) is 15.3. The summed E-state index contributed by atoms with van der Waals surface area (Å²) in [6, 6.07) is 77.4. The lowest BCUT2D eigenvalue weighted by Gasteiger charge is -2.17. The van der Waals surface area contributed by atoms with E-state index in [1.165, 1.54) is 36.5 Å². The second kappa shape index (κ2) is 14.9. The van der Waals surface area contributed by atoms with E-state index in [0.29, 0.717) is 17.5 Å². The highest BCUT2D eigenvalue weighted by molar-refractivity contribution is 7.26. The second-order valence-corrected chi connectivity index (χ2v) is 16.6. The first kappa shape index (κ1) is 35.9. The summed E-state index contributed by atoms with van der Waals surface area (Å²) in [4.78, 5) is 16.2. The third kappa shape index (κ3) is 6.18. The molecule has 0 saturated heterocycles. The molecule has 3 heterocycles. The number of hydrogen-bond donors (Lipinski definition) is 0. The van der Waals surface area contributed by atoms with Gasteiger partial charge in [-0.15, -0.1) is 11.3 Å². The molecule has 3 aromatic heterocycles. The number of nitrogens with zero attached hydrogens (tertiary/aromatic N) is 4. The Morgan fingerprint density at radius 3 is 1.44 bits per heavy atom. The van der Waals surface area contributed by atoms with Crippen molar-refractivity contribution in [3.63, 3.8) is 0 Å². The van der Waals surface area contributed by atoms with Gasteiger partial charge in [-0.25, -0.2) is 15.0 Å². The summed E-state index contributed by atoms with van der Waals surface area (Å²) < 4.78 is 4.97. The molecule has 4 nitrogen and oxygen atoms in total. The monoisotopic (exact) mass is 808 g/mol. The lowest BCUT2D eigenvalue weighted by molar-refractivity contribution is 1.07. The normalized spacial score (nSPS) is 11.5. The fraction of sp³-hybridized carbons (Fsp3) is 0. The molecule has 62 heavy (non-hydrogen) atoms. The highest BCUT2D eigenvalue weighted by Gasteiger charge is 2.23. The van der Waals surface area contributed by atoms with Crippen molar-refractivity contribution in [1.82, 2.24) is 19.5 Å². The van der Waals surface area contributed by atoms with E-state index in [1.807, 2.05) is 23.5 Å². The number of hydrogen-bond acceptors (Lipinski definition) is 4. The van der Waals surface area contributed by atoms with Crippen LogP contribution in [0, 0.1) is 0 Å². The quantitative estimate of drug-likeness (QED) is 0.161. The molecule has 0 unspecified atom stereocenters. The van der Waals surface area contributed by atoms with Crippen LogP contribution in [0.4, 0.5) is 0 Å². The van der Waals surface area contributed by atoms with Gasteiger partial charge >= 0.3 is 0 Å². The van der Waals surface area contributed by atoms with Crippen molar-refractivity contribution in [3.8, 4) is 73.2 Å². The minimum Gasteiger partial charge on any atom is -0.307 e. The maximum absolute atomic E-state index is 5.44. The van der Waals surface area contributed by atoms with Crippen LogP contribution in [0.15, 0.2) is 218 Å². The molecule has 9 aromatic carbocycles. The average molecular weight is 809 g/mol. The summed E-state index contributed by atoms with van der Waals surface area (Å²) in [5, 5.41) is 4.94. The molecule has 0 fully saturated rings. The van der Waals surface area contributed by atoms with Gasteiger partial charge in [0.15, 0.2) is 17.5 Å². The third-order valence-electron chi connectivity index (χ3n) is 11.9. The third-order valence-corrected chi connectivity index (χ3v) is 13.0. The van der Waals surface area contributed by atoms with Crippen LogP contribution in [0.2, 0.25) is 0 Å². The Morgan fingerprint density at radius 1 is 0.323 bits per heavy atom. The van der Waals surface area contributed by atoms with Gasteiger partial charge in [-0.2, -0.15) is 0 Å². The summed E-state index contributed by atoms with van der Waals surface area (Å²) in [6.07, 6.45) is 0. The van der Waals surface area contributed by atoms with E-state index >= 15 is 0 Å². The smallest absolute Gasteiger partial charge is 0.166 e. The Hall–Kier alpha value is -7.99. The molecule has 12 rings (SSSR count). The van der Waals surface area contributed by atoms with Gasteiger partial charge in [0.05, 0.1) is 21.4 Å². The molecule has 12 aromatic rings. The van der Waals surface area contributed by atoms with Crippen molar-refractivity contribution >= 4 is 53.3 Å². The molecular formula is C57H36N4S. The molecule has 0 N–H and O–H groups in total. The van der Waals surface area contributed by atoms with Gasteiger partial charge in [-0.1, -0.05) is 182 Å². The molecule has 5 heteroatoms. The van der Waals surface area contributed by atoms with Crippen LogP contribution in [-0.2, 0) is 0 Å². The number of para-hydroxylation sites is 1. The summed E-state index contributed by atoms with van der Waals surface area (Å²) in [5.74, 6) is 1.82. The maximum atomic E-state index is 5.44. The molecule has 0 aliphatic carbocycles. The Bertz CT molecular complexity index is 3530. The van der Waals surface area contributed by atoms with E-state index in [4.69, 9.17) is 15.0 Å². The van der Waals surface area contributed by atoms with Crippen molar-refractivity contribution in [1.29, 1.82) is 0 Å². The molecule has 0 atom stereocenters. The Balaban J connectivity index is 1.16. The van der Waals surface area contributed by atoms with Gasteiger partial charge in [-0.05, 0) is 69.8 Å². The lowest BCUT2D eigenvalue weighted by Crippen LogP contribution is -2.04. The van der Waals surface area contributed by atoms with E-state index in [-0.39, 0.29) is 0 Å². The summed E-state index contributed by atoms with van der Waals surface area (Å²) in [7, 11) is 0. The summed E-state index contributed by atoms with van der Waals surface area (Å²) in [5.41, 5.74) is 12.7. The van der Waals surface area contributed by atoms with Crippen LogP contribution in [0.1, 0.15) is 0 Å². The molecular weight excluding hydrogens is 773 g/mol. The van der Waals surface area contributed by atoms with Crippen LogP contribution in [-0.4, -0.2) is 19.5 Å². The number of thiophene rings is 1. The van der Waals surface area contributed by atoms with E-state index in [0.717, 1.165) is 61.3 Å². The van der Waals surface area contributed by atoms with Gasteiger partial charge in [0.1, 0.15) is 0 Å². The first-order chi connectivity index (χ1) is 30.7. The van der Waals surface area contributed by atoms with Crippen LogP contribution in [0.3, 0.4) is 0 Å². The molecule has 0 bridgehead atoms. The Morgan fingerprint density at radius 2 is 0.806 bits per heavy atom. The molecule has 0 spiro atoms. The molecule has 0 saturated carbocycles. The van der Waals surface area contributed by atoms with Crippen molar-refractivity contribution in [2.45, 2.75) is 0 Å². The van der Waals surface area contributed by atoms with Gasteiger partial charge < -0.3 is 4.57 Å². The predicted molar refractivity (Wildman–Crippen MR) is 260 cm³/mol. The number of rotatable bonds is 7. The summed E-state index contributed by atoms with van der Waals surface area (Å²) in [6.45, 7) is 0. The highest BCUT2D eigenvalue weighted by Crippen LogP contribution is 2.45. The fourth-order valence-electron chi connectivity index (χ4n) is 8.89. The zero-order valence-corrected chi connectivity index (χ0v) is 34.3. The zero-order valence-electron chi connectivity index (χ0n) is 33.5. The standard InChI is InChI=1S/C57H36N4S/c1-4-16-37(17-5-1)40-22-14-24-43(34-40)55-58-56(44-25-15-23-41(35-44)38-18-6-2-7-19-38)60-57(59-55)49-36-42(39-20-8-3-9-21-39)30-33-51(49)61-50-28-12-10-26-45(50)47-31-32-48-46-27-11-13-29-52(46)62-54(48)53(47)61/h1-36H. The van der Waals surface area contributed by atoms with Crippen molar-refractivity contribution in [2.75, 3.05) is 0 Å². The van der Waals surface area contributed by atoms with Crippen molar-refractivity contribution in [3.05, 3.63) is 218 Å². The van der Waals surface area contributed by atoms with E-state index in [9.17, 15) is 0 Å². The maximum Gasteiger partial charge on any atom is 0.166 e. The van der Waals surface area contributed by atoms with Crippen molar-refractivity contribution in [2.24, 2.45) is 0 Å². The second-order valence-electron chi connectivity index (χ2n) is 15.6. The summed E-state index contributed by atoms with van der Waals surface area (Å²) >= 11 is 1.85. The number of benzene rings is 9. The number of aromatic nitrogens is 4. The van der Waals surface area contributed by atoms with Crippen LogP contribution in [0.25, 0.3) is 115 Å². The lowest BCUT2D eigenvalue weighted by atomic mass is 10.00. The first-order valence-electron chi connectivity index (χ1n) is 20.8. The molecule has 0 amide bonds. The molecule has 0 aliphatic heterocycles. The molecule has 0 radical (unpaired) electrons. The highest BCUT2D eigenvalue weighted by atomic mass is 32.1. The minimum atomic E-state index is 0.599. The number of fused-ring (bicyclic) bond motifs is 7. The van der Waals surface area contributed by atoms with Crippen LogP contribution < -0.4 is 0 Å². The minimum absolute atomic E-state index is 0.599.